The second-order valence-electron chi connectivity index (χ2n) is 4.96. The molecule has 0 spiro atoms. The van der Waals surface area contributed by atoms with E-state index >= 15 is 0 Å². The molecule has 7 heteroatoms. The van der Waals surface area contributed by atoms with Gasteiger partial charge in [-0.1, -0.05) is 6.92 Å². The summed E-state index contributed by atoms with van der Waals surface area (Å²) in [6.45, 7) is 1.94. The summed E-state index contributed by atoms with van der Waals surface area (Å²) in [5.41, 5.74) is 0.545. The van der Waals surface area contributed by atoms with Crippen molar-refractivity contribution in [1.82, 2.24) is 15.3 Å². The Kier molecular flexibility index (Phi) is 2.96. The molecule has 0 aliphatic carbocycles. The van der Waals surface area contributed by atoms with Crippen LogP contribution < -0.4 is 10.9 Å². The summed E-state index contributed by atoms with van der Waals surface area (Å²) in [5, 5.41) is 23.3. The number of hydrogen-bond acceptors (Lipinski definition) is 6. The molecule has 2 aliphatic heterocycles. The Morgan fingerprint density at radius 2 is 2.16 bits per heavy atom. The molecule has 0 aromatic carbocycles. The molecular weight excluding hydrogens is 248 g/mol. The maximum absolute atomic E-state index is 11.6. The fraction of sp³-hybridized carbons (Fsp3) is 0.583. The summed E-state index contributed by atoms with van der Waals surface area (Å²) in [6, 6.07) is -0.529. The zero-order valence-electron chi connectivity index (χ0n) is 10.4. The van der Waals surface area contributed by atoms with E-state index in [1.807, 2.05) is 6.92 Å². The van der Waals surface area contributed by atoms with Gasteiger partial charge in [0.1, 0.15) is 5.69 Å². The predicted octanol–water partition coefficient (Wildman–Crippen LogP) is -0.958. The number of rotatable bonds is 2. The summed E-state index contributed by atoms with van der Waals surface area (Å²) in [7, 11) is 0. The summed E-state index contributed by atoms with van der Waals surface area (Å²) in [6.07, 6.45) is 1.95. The number of nitrogens with zero attached hydrogens (tertiary/aromatic N) is 2. The van der Waals surface area contributed by atoms with Crippen LogP contribution in [0.15, 0.2) is 16.1 Å². The first-order valence-electron chi connectivity index (χ1n) is 6.37. The summed E-state index contributed by atoms with van der Waals surface area (Å²) in [5.74, 6) is -0.293. The smallest absolute Gasteiger partial charge is 0.276 e. The normalized spacial score (nSPS) is 36.7. The molecule has 1 aromatic heterocycles. The van der Waals surface area contributed by atoms with Crippen molar-refractivity contribution in [3.63, 3.8) is 0 Å². The molecule has 3 heterocycles. The predicted molar refractivity (Wildman–Crippen MR) is 68.8 cm³/mol. The van der Waals surface area contributed by atoms with Gasteiger partial charge in [0, 0.05) is 18.3 Å². The lowest BCUT2D eigenvalue weighted by molar-refractivity contribution is 0.0267. The highest BCUT2D eigenvalue weighted by Gasteiger charge is 2.45. The Balaban J connectivity index is 1.93. The van der Waals surface area contributed by atoms with Crippen LogP contribution in [0, 0.1) is 0 Å². The lowest BCUT2D eigenvalue weighted by Gasteiger charge is -2.20. The minimum Gasteiger partial charge on any atom is -0.389 e. The second kappa shape index (κ2) is 4.52. The van der Waals surface area contributed by atoms with Crippen molar-refractivity contribution in [3.05, 3.63) is 22.4 Å². The lowest BCUT2D eigenvalue weighted by Crippen LogP contribution is -2.39. The van der Waals surface area contributed by atoms with Crippen LogP contribution in [0.4, 0.5) is 5.69 Å². The molecule has 2 aliphatic rings. The van der Waals surface area contributed by atoms with Gasteiger partial charge >= 0.3 is 0 Å². The standard InChI is InChI=1S/C12H16N4O3/c1-2-6-10(17)11(18)8(16-6)5-3-13-9-7(5)14-4-15-12(9)19/h3-6,8,10-11,16-18H,2H2,1H3,(H,14,15,19)/t5?,6-,8+,10-,11-/m1/s1. The molecule has 1 unspecified atom stereocenters. The monoisotopic (exact) mass is 264 g/mol. The number of aliphatic imine (C=N–C) groups is 1. The Hall–Kier alpha value is -1.57. The van der Waals surface area contributed by atoms with E-state index in [-0.39, 0.29) is 29.2 Å². The summed E-state index contributed by atoms with van der Waals surface area (Å²) in [4.78, 5) is 22.3. The van der Waals surface area contributed by atoms with Gasteiger partial charge in [-0.2, -0.15) is 0 Å². The van der Waals surface area contributed by atoms with Crippen molar-refractivity contribution in [2.45, 2.75) is 43.6 Å². The van der Waals surface area contributed by atoms with Crippen molar-refractivity contribution in [2.24, 2.45) is 4.99 Å². The van der Waals surface area contributed by atoms with Gasteiger partial charge in [0.2, 0.25) is 0 Å². The van der Waals surface area contributed by atoms with Crippen molar-refractivity contribution in [2.75, 3.05) is 0 Å². The van der Waals surface area contributed by atoms with Crippen LogP contribution >= 0.6 is 0 Å². The van der Waals surface area contributed by atoms with Crippen LogP contribution in [-0.4, -0.2) is 50.7 Å². The third kappa shape index (κ3) is 1.81. The molecule has 0 radical (unpaired) electrons. The van der Waals surface area contributed by atoms with Crippen LogP contribution in [0.3, 0.4) is 0 Å². The zero-order chi connectivity index (χ0) is 13.6. The average molecular weight is 264 g/mol. The quantitative estimate of drug-likeness (QED) is 0.550. The lowest BCUT2D eigenvalue weighted by atomic mass is 9.94. The highest BCUT2D eigenvalue weighted by molar-refractivity contribution is 5.80. The van der Waals surface area contributed by atoms with Crippen LogP contribution in [0.2, 0.25) is 0 Å². The minimum atomic E-state index is -0.895. The average Bonchev–Trinajstić information content (AvgIpc) is 2.94. The topological polar surface area (TPSA) is 111 Å². The third-order valence-corrected chi connectivity index (χ3v) is 3.90. The molecule has 0 saturated carbocycles. The van der Waals surface area contributed by atoms with Gasteiger partial charge in [0.25, 0.3) is 5.56 Å². The number of hydrogen-bond donors (Lipinski definition) is 4. The number of fused-ring (bicyclic) bond motifs is 1. The first-order chi connectivity index (χ1) is 9.13. The van der Waals surface area contributed by atoms with Crippen molar-refractivity contribution < 1.29 is 10.2 Å². The van der Waals surface area contributed by atoms with Gasteiger partial charge in [-0.15, -0.1) is 0 Å². The molecule has 1 saturated heterocycles. The minimum absolute atomic E-state index is 0.153. The van der Waals surface area contributed by atoms with Gasteiger partial charge in [-0.05, 0) is 6.42 Å². The summed E-state index contributed by atoms with van der Waals surface area (Å²) < 4.78 is 0. The first kappa shape index (κ1) is 12.5. The zero-order valence-corrected chi connectivity index (χ0v) is 10.4. The highest BCUT2D eigenvalue weighted by Crippen LogP contribution is 2.33. The van der Waals surface area contributed by atoms with Crippen molar-refractivity contribution in [3.8, 4) is 0 Å². The molecule has 0 amide bonds. The van der Waals surface area contributed by atoms with Crippen molar-refractivity contribution in [1.29, 1.82) is 0 Å². The van der Waals surface area contributed by atoms with E-state index in [0.29, 0.717) is 12.1 Å². The van der Waals surface area contributed by atoms with E-state index in [1.54, 1.807) is 6.21 Å². The van der Waals surface area contributed by atoms with Gasteiger partial charge in [0.05, 0.1) is 30.1 Å². The fourth-order valence-corrected chi connectivity index (χ4v) is 2.83. The molecular formula is C12H16N4O3. The molecule has 1 aromatic rings. The maximum atomic E-state index is 11.6. The van der Waals surface area contributed by atoms with E-state index in [1.165, 1.54) is 6.33 Å². The SMILES string of the molecule is CC[C@H]1N[C@@H](C2C=Nc3c2nc[nH]c3=O)[C@@H](O)[C@@H]1O. The number of aromatic amines is 1. The number of aromatic nitrogens is 2. The molecule has 102 valence electrons. The molecule has 3 rings (SSSR count). The number of aliphatic hydroxyl groups is 2. The number of nitrogens with one attached hydrogen (secondary N) is 2. The number of aliphatic hydroxyl groups excluding tert-OH is 2. The number of H-pyrrole nitrogens is 1. The Morgan fingerprint density at radius 3 is 2.84 bits per heavy atom. The third-order valence-electron chi connectivity index (χ3n) is 3.90. The molecule has 7 nitrogen and oxygen atoms in total. The van der Waals surface area contributed by atoms with E-state index < -0.39 is 12.2 Å². The van der Waals surface area contributed by atoms with Crippen LogP contribution in [0.5, 0.6) is 0 Å². The Morgan fingerprint density at radius 1 is 1.37 bits per heavy atom. The Bertz CT molecular complexity index is 570. The molecule has 19 heavy (non-hydrogen) atoms. The van der Waals surface area contributed by atoms with Gasteiger partial charge in [0.15, 0.2) is 0 Å². The first-order valence-corrected chi connectivity index (χ1v) is 6.37. The van der Waals surface area contributed by atoms with Gasteiger partial charge in [-0.3, -0.25) is 9.79 Å². The van der Waals surface area contributed by atoms with Gasteiger partial charge < -0.3 is 20.5 Å². The van der Waals surface area contributed by atoms with Crippen LogP contribution in [0.1, 0.15) is 25.0 Å². The molecule has 5 atom stereocenters. The van der Waals surface area contributed by atoms with Crippen LogP contribution in [-0.2, 0) is 0 Å². The highest BCUT2D eigenvalue weighted by atomic mass is 16.3. The molecule has 0 bridgehead atoms. The molecule has 4 N–H and O–H groups in total. The van der Waals surface area contributed by atoms with E-state index in [9.17, 15) is 15.0 Å². The van der Waals surface area contributed by atoms with E-state index in [4.69, 9.17) is 0 Å². The fourth-order valence-electron chi connectivity index (χ4n) is 2.83. The second-order valence-corrected chi connectivity index (χ2v) is 4.96. The van der Waals surface area contributed by atoms with Crippen molar-refractivity contribution >= 4 is 11.9 Å². The maximum Gasteiger partial charge on any atom is 0.276 e. The largest absolute Gasteiger partial charge is 0.389 e. The van der Waals surface area contributed by atoms with Crippen LogP contribution in [0.25, 0.3) is 0 Å². The van der Waals surface area contributed by atoms with E-state index in [2.05, 4.69) is 20.3 Å². The Labute approximate surface area is 109 Å². The summed E-state index contributed by atoms with van der Waals surface area (Å²) >= 11 is 0. The van der Waals surface area contributed by atoms with E-state index in [0.717, 1.165) is 0 Å². The van der Waals surface area contributed by atoms with Gasteiger partial charge in [-0.25, -0.2) is 4.98 Å². The molecule has 1 fully saturated rings.